The van der Waals surface area contributed by atoms with Gasteiger partial charge in [0.25, 0.3) is 0 Å². The molecule has 7 heteroatoms. The van der Waals surface area contributed by atoms with Gasteiger partial charge in [0.1, 0.15) is 5.82 Å². The van der Waals surface area contributed by atoms with Gasteiger partial charge in [-0.05, 0) is 57.7 Å². The monoisotopic (exact) mass is 445 g/mol. The van der Waals surface area contributed by atoms with Crippen LogP contribution in [0.1, 0.15) is 71.1 Å². The number of nitrogens with zero attached hydrogens (tertiary/aromatic N) is 1. The Morgan fingerprint density at radius 3 is 2.39 bits per heavy atom. The zero-order valence-electron chi connectivity index (χ0n) is 17.7. The molecule has 0 saturated heterocycles. The highest BCUT2D eigenvalue weighted by molar-refractivity contribution is 6.34. The van der Waals surface area contributed by atoms with E-state index in [1.165, 1.54) is 12.1 Å². The van der Waals surface area contributed by atoms with Gasteiger partial charge in [0.15, 0.2) is 0 Å². The Hall–Kier alpha value is -2.73. The molecule has 0 amide bonds. The molecule has 1 aliphatic rings. The molecule has 1 heterocycles. The molecule has 0 radical (unpaired) electrons. The lowest BCUT2D eigenvalue weighted by molar-refractivity contribution is 0.0524. The van der Waals surface area contributed by atoms with Crippen LogP contribution in [0.3, 0.4) is 0 Å². The number of pyridine rings is 1. The lowest BCUT2D eigenvalue weighted by atomic mass is 9.89. The van der Waals surface area contributed by atoms with Crippen molar-refractivity contribution in [2.75, 3.05) is 13.2 Å². The summed E-state index contributed by atoms with van der Waals surface area (Å²) in [5.41, 5.74) is 2.09. The van der Waals surface area contributed by atoms with Gasteiger partial charge in [-0.25, -0.2) is 14.0 Å². The summed E-state index contributed by atoms with van der Waals surface area (Å²) in [6.45, 7) is 7.46. The van der Waals surface area contributed by atoms with Gasteiger partial charge < -0.3 is 9.47 Å². The molecular weight excluding hydrogens is 421 g/mol. The predicted octanol–water partition coefficient (Wildman–Crippen LogP) is 5.89. The molecule has 2 aromatic rings. The molecule has 1 aliphatic carbocycles. The van der Waals surface area contributed by atoms with Gasteiger partial charge in [-0.2, -0.15) is 0 Å². The number of carbonyl (C=O) groups is 2. The Kier molecular flexibility index (Phi) is 7.44. The second-order valence-electron chi connectivity index (χ2n) is 7.24. The fourth-order valence-corrected chi connectivity index (χ4v) is 3.78. The minimum Gasteiger partial charge on any atom is -0.462 e. The molecule has 0 N–H and O–H groups in total. The van der Waals surface area contributed by atoms with Gasteiger partial charge in [0.2, 0.25) is 0 Å². The van der Waals surface area contributed by atoms with Crippen LogP contribution in [0, 0.1) is 5.82 Å². The van der Waals surface area contributed by atoms with E-state index in [0.717, 1.165) is 18.9 Å². The highest BCUT2D eigenvalue weighted by Crippen LogP contribution is 2.46. The summed E-state index contributed by atoms with van der Waals surface area (Å²) >= 11 is 6.39. The van der Waals surface area contributed by atoms with Crippen molar-refractivity contribution in [3.63, 3.8) is 0 Å². The topological polar surface area (TPSA) is 65.5 Å². The minimum absolute atomic E-state index is 0.0821. The van der Waals surface area contributed by atoms with Gasteiger partial charge in [-0.1, -0.05) is 17.7 Å². The molecule has 0 bridgehead atoms. The summed E-state index contributed by atoms with van der Waals surface area (Å²) in [7, 11) is 0. The fourth-order valence-electron chi connectivity index (χ4n) is 3.52. The zero-order valence-corrected chi connectivity index (χ0v) is 18.4. The van der Waals surface area contributed by atoms with Crippen molar-refractivity contribution in [1.29, 1.82) is 0 Å². The number of carbonyl (C=O) groups excluding carboxylic acids is 2. The number of aromatic nitrogens is 1. The van der Waals surface area contributed by atoms with E-state index in [0.29, 0.717) is 29.8 Å². The SMILES string of the molecule is C=CCCc1nc(C2CC2)c(C(=O)OCC)c(-c2ccc(F)cc2Cl)c1C(=O)OCC. The van der Waals surface area contributed by atoms with Crippen LogP contribution in [0.2, 0.25) is 5.02 Å². The van der Waals surface area contributed by atoms with Crippen LogP contribution in [0.4, 0.5) is 4.39 Å². The lowest BCUT2D eigenvalue weighted by Gasteiger charge is -2.21. The first-order valence-electron chi connectivity index (χ1n) is 10.4. The molecule has 0 spiro atoms. The van der Waals surface area contributed by atoms with E-state index in [1.54, 1.807) is 19.9 Å². The molecule has 1 aromatic heterocycles. The third-order valence-corrected chi connectivity index (χ3v) is 5.32. The van der Waals surface area contributed by atoms with Crippen LogP contribution in [0.15, 0.2) is 30.9 Å². The Labute approximate surface area is 186 Å². The number of esters is 2. The molecule has 1 saturated carbocycles. The van der Waals surface area contributed by atoms with Gasteiger partial charge >= 0.3 is 11.9 Å². The van der Waals surface area contributed by atoms with Gasteiger partial charge in [-0.3, -0.25) is 4.98 Å². The van der Waals surface area contributed by atoms with Crippen LogP contribution < -0.4 is 0 Å². The molecule has 0 atom stereocenters. The number of hydrogen-bond donors (Lipinski definition) is 0. The molecule has 0 unspecified atom stereocenters. The van der Waals surface area contributed by atoms with E-state index in [1.807, 2.05) is 0 Å². The van der Waals surface area contributed by atoms with E-state index < -0.39 is 17.8 Å². The first kappa shape index (κ1) is 22.9. The maximum atomic E-state index is 13.8. The summed E-state index contributed by atoms with van der Waals surface area (Å²) in [4.78, 5) is 30.9. The highest BCUT2D eigenvalue weighted by Gasteiger charge is 2.37. The molecule has 3 rings (SSSR count). The van der Waals surface area contributed by atoms with E-state index in [2.05, 4.69) is 6.58 Å². The molecule has 31 heavy (non-hydrogen) atoms. The first-order valence-corrected chi connectivity index (χ1v) is 10.8. The molecule has 1 fully saturated rings. The van der Waals surface area contributed by atoms with Crippen LogP contribution >= 0.6 is 11.6 Å². The number of rotatable bonds is 9. The number of halogens is 2. The van der Waals surface area contributed by atoms with Crippen LogP contribution in [-0.2, 0) is 15.9 Å². The summed E-state index contributed by atoms with van der Waals surface area (Å²) in [5.74, 6) is -1.63. The third kappa shape index (κ3) is 4.96. The van der Waals surface area contributed by atoms with Crippen molar-refractivity contribution in [2.45, 2.75) is 45.4 Å². The van der Waals surface area contributed by atoms with Crippen molar-refractivity contribution in [3.8, 4) is 11.1 Å². The van der Waals surface area contributed by atoms with Crippen molar-refractivity contribution in [1.82, 2.24) is 4.98 Å². The third-order valence-electron chi connectivity index (χ3n) is 5.01. The predicted molar refractivity (Wildman–Crippen MR) is 117 cm³/mol. The molecule has 0 aliphatic heterocycles. The molecule has 5 nitrogen and oxygen atoms in total. The van der Waals surface area contributed by atoms with Crippen molar-refractivity contribution in [3.05, 3.63) is 64.2 Å². The first-order chi connectivity index (χ1) is 14.9. The van der Waals surface area contributed by atoms with E-state index >= 15 is 0 Å². The van der Waals surface area contributed by atoms with Gasteiger partial charge in [0, 0.05) is 17.0 Å². The Morgan fingerprint density at radius 2 is 1.84 bits per heavy atom. The number of hydrogen-bond acceptors (Lipinski definition) is 5. The molecule has 1 aromatic carbocycles. The van der Waals surface area contributed by atoms with E-state index in [-0.39, 0.29) is 40.8 Å². The average Bonchev–Trinajstić information content (AvgIpc) is 3.57. The second kappa shape index (κ2) is 10.1. The van der Waals surface area contributed by atoms with Gasteiger partial charge in [0.05, 0.1) is 40.8 Å². The number of aryl methyl sites for hydroxylation is 1. The summed E-state index contributed by atoms with van der Waals surface area (Å²) in [5, 5.41) is 0.0821. The van der Waals surface area contributed by atoms with Crippen molar-refractivity contribution in [2.24, 2.45) is 0 Å². The lowest BCUT2D eigenvalue weighted by Crippen LogP contribution is -2.19. The summed E-state index contributed by atoms with van der Waals surface area (Å²) in [6, 6.07) is 3.86. The van der Waals surface area contributed by atoms with Crippen LogP contribution in [-0.4, -0.2) is 30.1 Å². The Balaban J connectivity index is 2.42. The van der Waals surface area contributed by atoms with Crippen molar-refractivity contribution < 1.29 is 23.5 Å². The van der Waals surface area contributed by atoms with Gasteiger partial charge in [-0.15, -0.1) is 6.58 Å². The normalized spacial score (nSPS) is 13.0. The smallest absolute Gasteiger partial charge is 0.340 e. The molecule has 164 valence electrons. The second-order valence-corrected chi connectivity index (χ2v) is 7.64. The van der Waals surface area contributed by atoms with E-state index in [4.69, 9.17) is 26.1 Å². The number of allylic oxidation sites excluding steroid dienone is 1. The molecular formula is C24H25ClFNO4. The maximum Gasteiger partial charge on any atom is 0.340 e. The summed E-state index contributed by atoms with van der Waals surface area (Å²) in [6.07, 6.45) is 4.52. The maximum absolute atomic E-state index is 13.8. The Morgan fingerprint density at radius 1 is 1.19 bits per heavy atom. The van der Waals surface area contributed by atoms with Crippen molar-refractivity contribution >= 4 is 23.5 Å². The number of ether oxygens (including phenoxy) is 2. The fraction of sp³-hybridized carbons (Fsp3) is 0.375. The summed E-state index contributed by atoms with van der Waals surface area (Å²) < 4.78 is 24.4. The average molecular weight is 446 g/mol. The quantitative estimate of drug-likeness (QED) is 0.355. The largest absolute Gasteiger partial charge is 0.462 e. The zero-order chi connectivity index (χ0) is 22.5. The Bertz CT molecular complexity index is 1020. The van der Waals surface area contributed by atoms with Crippen LogP contribution in [0.25, 0.3) is 11.1 Å². The van der Waals surface area contributed by atoms with Crippen LogP contribution in [0.5, 0.6) is 0 Å². The van der Waals surface area contributed by atoms with E-state index in [9.17, 15) is 14.0 Å². The number of benzene rings is 1. The standard InChI is InChI=1S/C24H25ClFNO4/c1-4-7-8-18-20(23(28)30-5-2)19(16-12-11-15(26)13-17(16)25)21(24(29)31-6-3)22(27-18)14-9-10-14/h4,11-14H,1,5-10H2,2-3H3. The highest BCUT2D eigenvalue weighted by atomic mass is 35.5. The minimum atomic E-state index is -0.614.